The van der Waals surface area contributed by atoms with Gasteiger partial charge in [-0.2, -0.15) is 5.26 Å². The molecule has 0 fully saturated rings. The maximum absolute atomic E-state index is 12.6. The third kappa shape index (κ3) is 5.79. The molecule has 5 nitrogen and oxygen atoms in total. The van der Waals surface area contributed by atoms with Gasteiger partial charge in [0.2, 0.25) is 0 Å². The molecular formula is C23H18Br2ClN3O2. The molecule has 1 aromatic heterocycles. The summed E-state index contributed by atoms with van der Waals surface area (Å²) in [5.41, 5.74) is 6.12. The zero-order valence-electron chi connectivity index (χ0n) is 16.7. The van der Waals surface area contributed by atoms with Crippen LogP contribution in [0.25, 0.3) is 6.08 Å². The van der Waals surface area contributed by atoms with E-state index in [-0.39, 0.29) is 5.57 Å². The van der Waals surface area contributed by atoms with Gasteiger partial charge in [0.15, 0.2) is 0 Å². The van der Waals surface area contributed by atoms with Crippen LogP contribution in [0, 0.1) is 25.2 Å². The molecule has 0 saturated carbocycles. The maximum Gasteiger partial charge on any atom is 0.280 e. The number of nitrogens with zero attached hydrogens (tertiary/aromatic N) is 2. The Morgan fingerprint density at radius 2 is 1.71 bits per heavy atom. The zero-order valence-corrected chi connectivity index (χ0v) is 20.7. The average molecular weight is 564 g/mol. The van der Waals surface area contributed by atoms with Crippen molar-refractivity contribution in [1.29, 1.82) is 5.26 Å². The number of aromatic nitrogens is 1. The number of hydrogen-bond acceptors (Lipinski definition) is 3. The van der Waals surface area contributed by atoms with Crippen LogP contribution in [-0.4, -0.2) is 10.6 Å². The maximum atomic E-state index is 12.6. The van der Waals surface area contributed by atoms with E-state index in [1.165, 1.54) is 6.08 Å². The lowest BCUT2D eigenvalue weighted by molar-refractivity contribution is -0.113. The minimum atomic E-state index is -0.486. The van der Waals surface area contributed by atoms with Gasteiger partial charge in [-0.25, -0.2) is 0 Å². The highest BCUT2D eigenvalue weighted by Crippen LogP contribution is 2.36. The number of nitrogens with one attached hydrogen (secondary N) is 1. The summed E-state index contributed by atoms with van der Waals surface area (Å²) in [6, 6.07) is 16.7. The third-order valence-corrected chi connectivity index (χ3v) is 5.91. The molecule has 0 spiro atoms. The van der Waals surface area contributed by atoms with E-state index in [2.05, 4.69) is 37.3 Å². The molecule has 31 heavy (non-hydrogen) atoms. The van der Waals surface area contributed by atoms with Gasteiger partial charge in [-0.1, -0.05) is 23.7 Å². The predicted molar refractivity (Wildman–Crippen MR) is 129 cm³/mol. The van der Waals surface area contributed by atoms with Crippen LogP contribution in [0.2, 0.25) is 5.02 Å². The Bertz CT molecular complexity index is 1150. The number of benzene rings is 2. The number of nitriles is 1. The topological polar surface area (TPSA) is 67.0 Å². The van der Waals surface area contributed by atoms with E-state index in [4.69, 9.17) is 16.3 Å². The molecule has 0 aliphatic carbocycles. The van der Waals surface area contributed by atoms with Crippen molar-refractivity contribution in [3.8, 4) is 11.8 Å². The summed E-state index contributed by atoms with van der Waals surface area (Å²) in [4.78, 5) is 12.6. The average Bonchev–Trinajstić information content (AvgIpc) is 3.04. The number of carbonyl (C=O) groups excluding carboxylic acids is 1. The standard InChI is InChI=1S/C23H18Br2ClN3O2/c1-14-3-4-15(2)29(14)28-23(30)18(12-27)9-17-10-20(24)22(21(25)11-17)31-13-16-5-7-19(26)8-6-16/h3-11H,13H2,1-2H3,(H,28,30)/b18-9-. The minimum absolute atomic E-state index is 0.0128. The molecule has 8 heteroatoms. The molecule has 0 atom stereocenters. The van der Waals surface area contributed by atoms with Crippen LogP contribution in [0.15, 0.2) is 63.0 Å². The third-order valence-electron chi connectivity index (χ3n) is 4.48. The fourth-order valence-electron chi connectivity index (χ4n) is 2.86. The Balaban J connectivity index is 1.78. The molecule has 0 radical (unpaired) electrons. The van der Waals surface area contributed by atoms with Crippen LogP contribution in [0.5, 0.6) is 5.75 Å². The number of halogens is 3. The normalized spacial score (nSPS) is 11.2. The smallest absolute Gasteiger partial charge is 0.280 e. The van der Waals surface area contributed by atoms with Crippen LogP contribution in [0.4, 0.5) is 0 Å². The van der Waals surface area contributed by atoms with E-state index >= 15 is 0 Å². The van der Waals surface area contributed by atoms with Crippen molar-refractivity contribution in [2.24, 2.45) is 0 Å². The Kier molecular flexibility index (Phi) is 7.60. The summed E-state index contributed by atoms with van der Waals surface area (Å²) in [6.07, 6.45) is 1.53. The van der Waals surface area contributed by atoms with Crippen molar-refractivity contribution in [1.82, 2.24) is 4.68 Å². The lowest BCUT2D eigenvalue weighted by Crippen LogP contribution is -2.25. The molecule has 1 N–H and O–H groups in total. The highest BCUT2D eigenvalue weighted by atomic mass is 79.9. The quantitative estimate of drug-likeness (QED) is 0.274. The summed E-state index contributed by atoms with van der Waals surface area (Å²) >= 11 is 12.9. The Morgan fingerprint density at radius 1 is 1.13 bits per heavy atom. The largest absolute Gasteiger partial charge is 0.487 e. The minimum Gasteiger partial charge on any atom is -0.487 e. The number of rotatable bonds is 6. The van der Waals surface area contributed by atoms with E-state index in [0.717, 1.165) is 17.0 Å². The van der Waals surface area contributed by atoms with Gasteiger partial charge in [0, 0.05) is 16.4 Å². The van der Waals surface area contributed by atoms with Gasteiger partial charge in [-0.3, -0.25) is 14.9 Å². The van der Waals surface area contributed by atoms with Crippen LogP contribution in [-0.2, 0) is 11.4 Å². The number of ether oxygens (including phenoxy) is 1. The highest BCUT2D eigenvalue weighted by molar-refractivity contribution is 9.11. The lowest BCUT2D eigenvalue weighted by Gasteiger charge is -2.12. The molecule has 0 aliphatic heterocycles. The molecule has 1 amide bonds. The van der Waals surface area contributed by atoms with Crippen molar-refractivity contribution in [3.63, 3.8) is 0 Å². The molecule has 2 aromatic carbocycles. The van der Waals surface area contributed by atoms with Crippen LogP contribution >= 0.6 is 43.5 Å². The van der Waals surface area contributed by atoms with Gasteiger partial charge >= 0.3 is 0 Å². The van der Waals surface area contributed by atoms with E-state index in [9.17, 15) is 10.1 Å². The summed E-state index contributed by atoms with van der Waals surface area (Å²) in [5.74, 6) is 0.133. The summed E-state index contributed by atoms with van der Waals surface area (Å²) in [6.45, 7) is 4.12. The van der Waals surface area contributed by atoms with E-state index < -0.39 is 5.91 Å². The second kappa shape index (κ2) is 10.2. The summed E-state index contributed by atoms with van der Waals surface area (Å²) in [7, 11) is 0. The molecular weight excluding hydrogens is 546 g/mol. The van der Waals surface area contributed by atoms with Gasteiger partial charge in [-0.05, 0) is 99.3 Å². The number of hydrogen-bond donors (Lipinski definition) is 1. The van der Waals surface area contributed by atoms with Crippen LogP contribution in [0.3, 0.4) is 0 Å². The number of aryl methyl sites for hydroxylation is 2. The van der Waals surface area contributed by atoms with Gasteiger partial charge in [0.1, 0.15) is 24.0 Å². The molecule has 3 rings (SSSR count). The van der Waals surface area contributed by atoms with E-state index in [1.807, 2.05) is 56.3 Å². The number of carbonyl (C=O) groups is 1. The predicted octanol–water partition coefficient (Wildman–Crippen LogP) is 6.54. The van der Waals surface area contributed by atoms with Crippen LogP contribution in [0.1, 0.15) is 22.5 Å². The summed E-state index contributed by atoms with van der Waals surface area (Å²) in [5, 5.41) is 10.2. The van der Waals surface area contributed by atoms with E-state index in [0.29, 0.717) is 31.9 Å². The first-order valence-corrected chi connectivity index (χ1v) is 11.2. The molecule has 158 valence electrons. The van der Waals surface area contributed by atoms with Crippen molar-refractivity contribution >= 4 is 55.4 Å². The Morgan fingerprint density at radius 3 is 2.26 bits per heavy atom. The summed E-state index contributed by atoms with van der Waals surface area (Å²) < 4.78 is 8.95. The van der Waals surface area contributed by atoms with Gasteiger partial charge in [0.05, 0.1) is 8.95 Å². The van der Waals surface area contributed by atoms with Crippen molar-refractivity contribution in [3.05, 3.63) is 90.6 Å². The Hall–Kier alpha value is -2.53. The first-order chi connectivity index (χ1) is 14.8. The molecule has 0 saturated heterocycles. The van der Waals surface area contributed by atoms with E-state index in [1.54, 1.807) is 16.8 Å². The van der Waals surface area contributed by atoms with Gasteiger partial charge in [-0.15, -0.1) is 0 Å². The molecule has 0 unspecified atom stereocenters. The first kappa shape index (κ1) is 23.1. The molecule has 3 aromatic rings. The lowest BCUT2D eigenvalue weighted by atomic mass is 10.1. The van der Waals surface area contributed by atoms with Gasteiger partial charge < -0.3 is 4.74 Å². The molecule has 1 heterocycles. The number of amides is 1. The zero-order chi connectivity index (χ0) is 22.5. The SMILES string of the molecule is Cc1ccc(C)n1NC(=O)/C(C#N)=C\c1cc(Br)c(OCc2ccc(Cl)cc2)c(Br)c1. The first-order valence-electron chi connectivity index (χ1n) is 9.23. The fraction of sp³-hybridized carbons (Fsp3) is 0.130. The molecule has 0 aliphatic rings. The highest BCUT2D eigenvalue weighted by Gasteiger charge is 2.14. The van der Waals surface area contributed by atoms with Crippen LogP contribution < -0.4 is 10.2 Å². The monoisotopic (exact) mass is 561 g/mol. The molecule has 0 bridgehead atoms. The van der Waals surface area contributed by atoms with Crippen molar-refractivity contribution < 1.29 is 9.53 Å². The van der Waals surface area contributed by atoms with Crippen molar-refractivity contribution in [2.45, 2.75) is 20.5 Å². The second-order valence-electron chi connectivity index (χ2n) is 6.79. The Labute approximate surface area is 202 Å². The second-order valence-corrected chi connectivity index (χ2v) is 8.94. The van der Waals surface area contributed by atoms with Crippen molar-refractivity contribution in [2.75, 3.05) is 5.43 Å². The van der Waals surface area contributed by atoms with Gasteiger partial charge in [0.25, 0.3) is 5.91 Å². The fourth-order valence-corrected chi connectivity index (χ4v) is 4.44.